The molecule has 0 saturated carbocycles. The quantitative estimate of drug-likeness (QED) is 0.841. The molecule has 0 unspecified atom stereocenters. The molecule has 1 heterocycles. The summed E-state index contributed by atoms with van der Waals surface area (Å²) < 4.78 is 26.7. The second kappa shape index (κ2) is 6.60. The molecule has 2 aromatic rings. The molecule has 0 aliphatic heterocycles. The zero-order valence-electron chi connectivity index (χ0n) is 11.2. The maximum atomic E-state index is 12.1. The van der Waals surface area contributed by atoms with Crippen molar-refractivity contribution in [3.8, 4) is 0 Å². The van der Waals surface area contributed by atoms with Gasteiger partial charge in [-0.25, -0.2) is 18.1 Å². The molecular formula is C14H17N3O2S. The highest BCUT2D eigenvalue weighted by Gasteiger charge is 2.14. The zero-order valence-corrected chi connectivity index (χ0v) is 12.0. The second-order valence-corrected chi connectivity index (χ2v) is 6.06. The number of rotatable bonds is 6. The van der Waals surface area contributed by atoms with E-state index in [9.17, 15) is 8.42 Å². The van der Waals surface area contributed by atoms with Gasteiger partial charge in [0, 0.05) is 19.3 Å². The van der Waals surface area contributed by atoms with Crippen molar-refractivity contribution in [1.29, 1.82) is 0 Å². The molecular weight excluding hydrogens is 274 g/mol. The van der Waals surface area contributed by atoms with Gasteiger partial charge < -0.3 is 5.32 Å². The average molecular weight is 291 g/mol. The minimum absolute atomic E-state index is 0.0354. The van der Waals surface area contributed by atoms with Crippen molar-refractivity contribution in [2.24, 2.45) is 0 Å². The van der Waals surface area contributed by atoms with E-state index < -0.39 is 10.0 Å². The molecule has 6 heteroatoms. The Hall–Kier alpha value is -1.76. The van der Waals surface area contributed by atoms with Gasteiger partial charge in [0.15, 0.2) is 5.03 Å². The van der Waals surface area contributed by atoms with Crippen LogP contribution in [0, 0.1) is 0 Å². The summed E-state index contributed by atoms with van der Waals surface area (Å²) in [4.78, 5) is 3.99. The van der Waals surface area contributed by atoms with Crippen LogP contribution in [0.15, 0.2) is 53.7 Å². The highest BCUT2D eigenvalue weighted by atomic mass is 32.2. The van der Waals surface area contributed by atoms with Gasteiger partial charge in [0.1, 0.15) is 0 Å². The van der Waals surface area contributed by atoms with E-state index in [4.69, 9.17) is 0 Å². The number of benzene rings is 1. The first-order valence-electron chi connectivity index (χ1n) is 6.25. The Morgan fingerprint density at radius 3 is 2.35 bits per heavy atom. The van der Waals surface area contributed by atoms with Crippen molar-refractivity contribution in [1.82, 2.24) is 15.0 Å². The lowest BCUT2D eigenvalue weighted by Crippen LogP contribution is -2.24. The Morgan fingerprint density at radius 1 is 1.00 bits per heavy atom. The minimum atomic E-state index is -3.57. The summed E-state index contributed by atoms with van der Waals surface area (Å²) in [6.45, 7) is 0.911. The minimum Gasteiger partial charge on any atom is -0.316 e. The molecule has 106 valence electrons. The number of nitrogens with one attached hydrogen (secondary N) is 2. The van der Waals surface area contributed by atoms with E-state index in [0.717, 1.165) is 11.1 Å². The Morgan fingerprint density at radius 2 is 1.75 bits per heavy atom. The van der Waals surface area contributed by atoms with E-state index in [0.29, 0.717) is 6.54 Å². The predicted molar refractivity (Wildman–Crippen MR) is 77.5 cm³/mol. The molecule has 0 spiro atoms. The van der Waals surface area contributed by atoms with Gasteiger partial charge >= 0.3 is 0 Å². The summed E-state index contributed by atoms with van der Waals surface area (Å²) in [6, 6.07) is 12.6. The number of aromatic nitrogens is 1. The molecule has 0 saturated heterocycles. The predicted octanol–water partition coefficient (Wildman–Crippen LogP) is 1.28. The summed E-state index contributed by atoms with van der Waals surface area (Å²) in [7, 11) is -1.75. The molecule has 0 bridgehead atoms. The fourth-order valence-electron chi connectivity index (χ4n) is 1.73. The SMILES string of the molecule is CNCc1ccc(S(=O)(=O)NCc2ccccc2)nc1. The van der Waals surface area contributed by atoms with E-state index in [1.165, 1.54) is 6.07 Å². The van der Waals surface area contributed by atoms with Crippen LogP contribution in [0.3, 0.4) is 0 Å². The molecule has 0 fully saturated rings. The Kier molecular flexibility index (Phi) is 4.84. The molecule has 2 rings (SSSR count). The molecule has 0 aliphatic rings. The van der Waals surface area contributed by atoms with Gasteiger partial charge in [0.25, 0.3) is 10.0 Å². The average Bonchev–Trinajstić information content (AvgIpc) is 2.47. The molecule has 2 N–H and O–H groups in total. The zero-order chi connectivity index (χ0) is 14.4. The van der Waals surface area contributed by atoms with Crippen molar-refractivity contribution >= 4 is 10.0 Å². The van der Waals surface area contributed by atoms with E-state index in [1.54, 1.807) is 12.3 Å². The molecule has 0 atom stereocenters. The third-order valence-corrected chi connectivity index (χ3v) is 4.08. The number of hydrogen-bond donors (Lipinski definition) is 2. The number of nitrogens with zero attached hydrogens (tertiary/aromatic N) is 1. The maximum absolute atomic E-state index is 12.1. The topological polar surface area (TPSA) is 71.1 Å². The third-order valence-electron chi connectivity index (χ3n) is 2.76. The van der Waals surface area contributed by atoms with Crippen LogP contribution in [0.2, 0.25) is 0 Å². The van der Waals surface area contributed by atoms with Gasteiger partial charge in [-0.05, 0) is 24.2 Å². The van der Waals surface area contributed by atoms with Crippen LogP contribution < -0.4 is 10.0 Å². The van der Waals surface area contributed by atoms with Crippen molar-refractivity contribution in [2.45, 2.75) is 18.1 Å². The van der Waals surface area contributed by atoms with Crippen molar-refractivity contribution in [3.63, 3.8) is 0 Å². The van der Waals surface area contributed by atoms with Crippen molar-refractivity contribution < 1.29 is 8.42 Å². The van der Waals surface area contributed by atoms with Crippen molar-refractivity contribution in [2.75, 3.05) is 7.05 Å². The highest BCUT2D eigenvalue weighted by Crippen LogP contribution is 2.08. The summed E-state index contributed by atoms with van der Waals surface area (Å²) in [5.74, 6) is 0. The Bertz CT molecular complexity index is 640. The van der Waals surface area contributed by atoms with Gasteiger partial charge in [-0.1, -0.05) is 36.4 Å². The van der Waals surface area contributed by atoms with Crippen LogP contribution in [0.1, 0.15) is 11.1 Å². The van der Waals surface area contributed by atoms with Gasteiger partial charge in [0.05, 0.1) is 0 Å². The lowest BCUT2D eigenvalue weighted by atomic mass is 10.2. The highest BCUT2D eigenvalue weighted by molar-refractivity contribution is 7.89. The van der Waals surface area contributed by atoms with E-state index in [1.807, 2.05) is 37.4 Å². The van der Waals surface area contributed by atoms with Gasteiger partial charge in [0.2, 0.25) is 0 Å². The van der Waals surface area contributed by atoms with E-state index in [-0.39, 0.29) is 11.6 Å². The number of pyridine rings is 1. The summed E-state index contributed by atoms with van der Waals surface area (Å²) in [6.07, 6.45) is 1.56. The fourth-order valence-corrected chi connectivity index (χ4v) is 2.67. The molecule has 0 amide bonds. The summed E-state index contributed by atoms with van der Waals surface area (Å²) in [5.41, 5.74) is 1.84. The monoisotopic (exact) mass is 291 g/mol. The standard InChI is InChI=1S/C14H17N3O2S/c1-15-9-13-7-8-14(16-10-13)20(18,19)17-11-12-5-3-2-4-6-12/h2-8,10,15,17H,9,11H2,1H3. The van der Waals surface area contributed by atoms with E-state index >= 15 is 0 Å². The van der Waals surface area contributed by atoms with Crippen molar-refractivity contribution in [3.05, 3.63) is 59.8 Å². The third kappa shape index (κ3) is 3.86. The number of hydrogen-bond acceptors (Lipinski definition) is 4. The normalized spacial score (nSPS) is 11.4. The summed E-state index contributed by atoms with van der Waals surface area (Å²) in [5, 5.41) is 3.02. The van der Waals surface area contributed by atoms with E-state index in [2.05, 4.69) is 15.0 Å². The van der Waals surface area contributed by atoms with Gasteiger partial charge in [-0.15, -0.1) is 0 Å². The Labute approximate surface area is 119 Å². The van der Waals surface area contributed by atoms with Crippen LogP contribution in [0.4, 0.5) is 0 Å². The first kappa shape index (κ1) is 14.6. The lowest BCUT2D eigenvalue weighted by molar-refractivity contribution is 0.577. The molecule has 0 radical (unpaired) electrons. The molecule has 1 aromatic heterocycles. The first-order valence-corrected chi connectivity index (χ1v) is 7.73. The number of sulfonamides is 1. The molecule has 1 aromatic carbocycles. The van der Waals surface area contributed by atoms with Crippen LogP contribution in [-0.2, 0) is 23.1 Å². The maximum Gasteiger partial charge on any atom is 0.258 e. The lowest BCUT2D eigenvalue weighted by Gasteiger charge is -2.07. The van der Waals surface area contributed by atoms with Crippen LogP contribution in [-0.4, -0.2) is 20.4 Å². The van der Waals surface area contributed by atoms with Gasteiger partial charge in [-0.3, -0.25) is 0 Å². The smallest absolute Gasteiger partial charge is 0.258 e. The van der Waals surface area contributed by atoms with Crippen LogP contribution in [0.5, 0.6) is 0 Å². The second-order valence-electron chi connectivity index (χ2n) is 4.35. The van der Waals surface area contributed by atoms with Crippen LogP contribution in [0.25, 0.3) is 0 Å². The Balaban J connectivity index is 2.06. The molecule has 0 aliphatic carbocycles. The fraction of sp³-hybridized carbons (Fsp3) is 0.214. The van der Waals surface area contributed by atoms with Gasteiger partial charge in [-0.2, -0.15) is 0 Å². The summed E-state index contributed by atoms with van der Waals surface area (Å²) >= 11 is 0. The molecule has 20 heavy (non-hydrogen) atoms. The largest absolute Gasteiger partial charge is 0.316 e. The molecule has 5 nitrogen and oxygen atoms in total. The van der Waals surface area contributed by atoms with Crippen LogP contribution >= 0.6 is 0 Å². The first-order chi connectivity index (χ1) is 9.62.